The van der Waals surface area contributed by atoms with Crippen LogP contribution in [0.4, 0.5) is 9.18 Å². The maximum Gasteiger partial charge on any atom is 0.405 e. The highest BCUT2D eigenvalue weighted by molar-refractivity contribution is 6.32. The van der Waals surface area contributed by atoms with Gasteiger partial charge in [0.25, 0.3) is 0 Å². The van der Waals surface area contributed by atoms with Crippen LogP contribution in [-0.2, 0) is 11.2 Å². The Labute approximate surface area is 163 Å². The summed E-state index contributed by atoms with van der Waals surface area (Å²) >= 11 is 6.29. The first-order valence-electron chi connectivity index (χ1n) is 8.94. The average molecular weight is 392 g/mol. The molecule has 1 aliphatic carbocycles. The summed E-state index contributed by atoms with van der Waals surface area (Å²) in [7, 11) is 0. The number of fused-ring (bicyclic) bond motifs is 1. The van der Waals surface area contributed by atoms with Gasteiger partial charge in [0, 0.05) is 11.0 Å². The summed E-state index contributed by atoms with van der Waals surface area (Å²) in [4.78, 5) is 11.3. The minimum atomic E-state index is -0.861. The van der Waals surface area contributed by atoms with Crippen molar-refractivity contribution in [1.82, 2.24) is 0 Å². The topological polar surface area (TPSA) is 61.6 Å². The molecule has 0 fully saturated rings. The van der Waals surface area contributed by atoms with E-state index in [1.807, 2.05) is 20.8 Å². The number of nitrogens with two attached hydrogens (primary N) is 1. The molecule has 0 saturated heterocycles. The molecule has 0 radical (unpaired) electrons. The summed E-state index contributed by atoms with van der Waals surface area (Å²) in [6, 6.07) is 8.48. The van der Waals surface area contributed by atoms with Crippen LogP contribution >= 0.6 is 11.6 Å². The predicted molar refractivity (Wildman–Crippen MR) is 104 cm³/mol. The number of ether oxygens (including phenoxy) is 2. The summed E-state index contributed by atoms with van der Waals surface area (Å²) in [5, 5.41) is 0.441. The highest BCUT2D eigenvalue weighted by Gasteiger charge is 2.42. The lowest BCUT2D eigenvalue weighted by Crippen LogP contribution is -2.25. The van der Waals surface area contributed by atoms with Crippen molar-refractivity contribution in [2.45, 2.75) is 39.7 Å². The number of hydrogen-bond donors (Lipinski definition) is 1. The summed E-state index contributed by atoms with van der Waals surface area (Å²) in [5.41, 5.74) is 7.55. The van der Waals surface area contributed by atoms with Gasteiger partial charge in [-0.25, -0.2) is 9.18 Å². The van der Waals surface area contributed by atoms with Crippen LogP contribution in [0.5, 0.6) is 5.75 Å². The quantitative estimate of drug-likeness (QED) is 0.715. The van der Waals surface area contributed by atoms with Crippen LogP contribution < -0.4 is 10.5 Å². The number of rotatable bonds is 5. The Morgan fingerprint density at radius 1 is 1.33 bits per heavy atom. The molecule has 0 aliphatic heterocycles. The molecule has 27 heavy (non-hydrogen) atoms. The van der Waals surface area contributed by atoms with Gasteiger partial charge in [-0.05, 0) is 53.8 Å². The van der Waals surface area contributed by atoms with E-state index in [2.05, 4.69) is 0 Å². The second-order valence-corrected chi connectivity index (χ2v) is 7.91. The highest BCUT2D eigenvalue weighted by atomic mass is 35.5. The smallest absolute Gasteiger partial charge is 0.405 e. The third-order valence-electron chi connectivity index (χ3n) is 4.81. The number of hydrogen-bond acceptors (Lipinski definition) is 3. The van der Waals surface area contributed by atoms with Crippen LogP contribution in [0.2, 0.25) is 5.02 Å². The van der Waals surface area contributed by atoms with E-state index in [1.54, 1.807) is 24.3 Å². The molecule has 144 valence electrons. The molecule has 1 aliphatic rings. The van der Waals surface area contributed by atoms with Crippen molar-refractivity contribution in [3.8, 4) is 16.9 Å². The summed E-state index contributed by atoms with van der Waals surface area (Å²) in [5.74, 6) is 0.183. The SMILES string of the molecule is CCCOc1ccc(-c2cc3c(cc2F)[C@H](OC(N)=O)C(C)(C)C3)cc1Cl. The zero-order valence-corrected chi connectivity index (χ0v) is 16.4. The zero-order valence-electron chi connectivity index (χ0n) is 15.6. The Kier molecular flexibility index (Phi) is 5.33. The molecule has 1 amide bonds. The van der Waals surface area contributed by atoms with Gasteiger partial charge in [-0.1, -0.05) is 38.4 Å². The van der Waals surface area contributed by atoms with Gasteiger partial charge in [0.2, 0.25) is 0 Å². The molecule has 6 heteroatoms. The monoisotopic (exact) mass is 391 g/mol. The van der Waals surface area contributed by atoms with Gasteiger partial charge < -0.3 is 15.2 Å². The number of benzene rings is 2. The Hall–Kier alpha value is -2.27. The maximum atomic E-state index is 14.9. The molecule has 2 aromatic carbocycles. The lowest BCUT2D eigenvalue weighted by molar-refractivity contribution is 0.0391. The first-order chi connectivity index (χ1) is 12.7. The first kappa shape index (κ1) is 19.5. The molecule has 0 spiro atoms. The standard InChI is InChI=1S/C21H23ClFNO3/c1-4-7-26-18-6-5-12(9-16(18)22)14-8-13-11-21(2,3)19(27-20(24)25)15(13)10-17(14)23/h5-6,8-10,19H,4,7,11H2,1-3H3,(H2,24,25)/t19-/m0/s1. The number of amides is 1. The Balaban J connectivity index is 1.98. The van der Waals surface area contributed by atoms with Gasteiger partial charge in [0.1, 0.15) is 17.7 Å². The number of carbonyl (C=O) groups is 1. The number of primary amides is 1. The van der Waals surface area contributed by atoms with Gasteiger partial charge in [0.05, 0.1) is 11.6 Å². The molecule has 2 N–H and O–H groups in total. The fourth-order valence-corrected chi connectivity index (χ4v) is 3.83. The van der Waals surface area contributed by atoms with Gasteiger partial charge in [-0.15, -0.1) is 0 Å². The Bertz CT molecular complexity index is 882. The van der Waals surface area contributed by atoms with E-state index >= 15 is 0 Å². The highest BCUT2D eigenvalue weighted by Crippen LogP contribution is 2.49. The molecule has 0 saturated carbocycles. The third kappa shape index (κ3) is 3.88. The fourth-order valence-electron chi connectivity index (χ4n) is 3.59. The molecule has 0 aromatic heterocycles. The largest absolute Gasteiger partial charge is 0.492 e. The average Bonchev–Trinajstić information content (AvgIpc) is 2.82. The van der Waals surface area contributed by atoms with Gasteiger partial charge in [0.15, 0.2) is 0 Å². The lowest BCUT2D eigenvalue weighted by Gasteiger charge is -2.26. The first-order valence-corrected chi connectivity index (χ1v) is 9.32. The van der Waals surface area contributed by atoms with Crippen LogP contribution in [0.25, 0.3) is 11.1 Å². The molecule has 0 bridgehead atoms. The molecular formula is C21H23ClFNO3. The fraction of sp³-hybridized carbons (Fsp3) is 0.381. The van der Waals surface area contributed by atoms with E-state index in [9.17, 15) is 9.18 Å². The third-order valence-corrected chi connectivity index (χ3v) is 5.10. The van der Waals surface area contributed by atoms with E-state index in [4.69, 9.17) is 26.8 Å². The molecule has 2 aromatic rings. The van der Waals surface area contributed by atoms with Crippen LogP contribution in [0.15, 0.2) is 30.3 Å². The molecule has 4 nitrogen and oxygen atoms in total. The van der Waals surface area contributed by atoms with Crippen molar-refractivity contribution in [3.05, 3.63) is 52.3 Å². The van der Waals surface area contributed by atoms with Crippen molar-refractivity contribution >= 4 is 17.7 Å². The van der Waals surface area contributed by atoms with Crippen molar-refractivity contribution < 1.29 is 18.7 Å². The normalized spacial score (nSPS) is 17.4. The van der Waals surface area contributed by atoms with E-state index in [-0.39, 0.29) is 5.41 Å². The maximum absolute atomic E-state index is 14.9. The zero-order chi connectivity index (χ0) is 19.8. The minimum Gasteiger partial charge on any atom is -0.492 e. The van der Waals surface area contributed by atoms with Crippen molar-refractivity contribution in [3.63, 3.8) is 0 Å². The van der Waals surface area contributed by atoms with Crippen LogP contribution in [0, 0.1) is 11.2 Å². The molecular weight excluding hydrogens is 369 g/mol. The molecule has 0 heterocycles. The van der Waals surface area contributed by atoms with E-state index in [0.717, 1.165) is 12.0 Å². The Morgan fingerprint density at radius 2 is 2.07 bits per heavy atom. The van der Waals surface area contributed by atoms with Crippen LogP contribution in [-0.4, -0.2) is 12.7 Å². The molecule has 3 rings (SSSR count). The van der Waals surface area contributed by atoms with Gasteiger partial charge in [-0.2, -0.15) is 0 Å². The number of halogens is 2. The van der Waals surface area contributed by atoms with E-state index < -0.39 is 18.0 Å². The van der Waals surface area contributed by atoms with Crippen molar-refractivity contribution in [1.29, 1.82) is 0 Å². The summed E-state index contributed by atoms with van der Waals surface area (Å²) in [6.45, 7) is 6.52. The van der Waals surface area contributed by atoms with Crippen molar-refractivity contribution in [2.75, 3.05) is 6.61 Å². The summed E-state index contributed by atoms with van der Waals surface area (Å²) < 4.78 is 25.7. The van der Waals surface area contributed by atoms with E-state index in [1.165, 1.54) is 6.07 Å². The van der Waals surface area contributed by atoms with Gasteiger partial charge in [-0.3, -0.25) is 0 Å². The van der Waals surface area contributed by atoms with Crippen LogP contribution in [0.1, 0.15) is 44.4 Å². The molecule has 0 unspecified atom stereocenters. The lowest BCUT2D eigenvalue weighted by atomic mass is 9.87. The van der Waals surface area contributed by atoms with Crippen LogP contribution in [0.3, 0.4) is 0 Å². The van der Waals surface area contributed by atoms with E-state index in [0.29, 0.717) is 40.5 Å². The second-order valence-electron chi connectivity index (χ2n) is 7.51. The Morgan fingerprint density at radius 3 is 2.70 bits per heavy atom. The summed E-state index contributed by atoms with van der Waals surface area (Å²) in [6.07, 6.45) is 0.0997. The number of carbonyl (C=O) groups excluding carboxylic acids is 1. The molecule has 1 atom stereocenters. The minimum absolute atomic E-state index is 0.363. The van der Waals surface area contributed by atoms with Crippen molar-refractivity contribution in [2.24, 2.45) is 11.1 Å². The van der Waals surface area contributed by atoms with Gasteiger partial charge >= 0.3 is 6.09 Å². The predicted octanol–water partition coefficient (Wildman–Crippen LogP) is 5.65. The second kappa shape index (κ2) is 7.39.